The van der Waals surface area contributed by atoms with Gasteiger partial charge in [0.2, 0.25) is 0 Å². The fourth-order valence-electron chi connectivity index (χ4n) is 2.57. The van der Waals surface area contributed by atoms with Crippen LogP contribution in [-0.2, 0) is 13.1 Å². The van der Waals surface area contributed by atoms with Crippen LogP contribution in [0.5, 0.6) is 0 Å². The van der Waals surface area contributed by atoms with Crippen LogP contribution in [0.1, 0.15) is 27.8 Å². The highest BCUT2D eigenvalue weighted by Gasteiger charge is 2.08. The summed E-state index contributed by atoms with van der Waals surface area (Å²) in [6.07, 6.45) is 0. The van der Waals surface area contributed by atoms with Crippen molar-refractivity contribution < 1.29 is 0 Å². The Hall–Kier alpha value is -1.80. The first-order chi connectivity index (χ1) is 9.52. The molecule has 2 nitrogen and oxygen atoms in total. The molecule has 0 unspecified atom stereocenters. The number of hydrogen-bond acceptors (Lipinski definition) is 2. The minimum absolute atomic E-state index is 0.597. The molecule has 0 saturated heterocycles. The predicted molar refractivity (Wildman–Crippen MR) is 87.1 cm³/mol. The average Bonchev–Trinajstić information content (AvgIpc) is 2.45. The van der Waals surface area contributed by atoms with E-state index in [-0.39, 0.29) is 0 Å². The Morgan fingerprint density at radius 1 is 0.950 bits per heavy atom. The average molecular weight is 268 g/mol. The molecule has 0 bridgehead atoms. The number of anilines is 1. The maximum atomic E-state index is 5.71. The first-order valence-corrected chi connectivity index (χ1v) is 7.08. The Morgan fingerprint density at radius 2 is 1.65 bits per heavy atom. The molecule has 2 aromatic carbocycles. The van der Waals surface area contributed by atoms with E-state index in [1.54, 1.807) is 0 Å². The summed E-state index contributed by atoms with van der Waals surface area (Å²) in [5.74, 6) is 0. The summed E-state index contributed by atoms with van der Waals surface area (Å²) in [5, 5.41) is 0. The van der Waals surface area contributed by atoms with Gasteiger partial charge in [0.15, 0.2) is 0 Å². The molecule has 2 heteroatoms. The first-order valence-electron chi connectivity index (χ1n) is 7.08. The Kier molecular flexibility index (Phi) is 4.46. The normalized spacial score (nSPS) is 10.7. The van der Waals surface area contributed by atoms with E-state index in [0.717, 1.165) is 6.54 Å². The Morgan fingerprint density at radius 3 is 2.35 bits per heavy atom. The molecular formula is C18H24N2. The van der Waals surface area contributed by atoms with Crippen molar-refractivity contribution in [1.82, 2.24) is 0 Å². The zero-order valence-electron chi connectivity index (χ0n) is 12.9. The molecule has 0 amide bonds. The summed E-state index contributed by atoms with van der Waals surface area (Å²) in [5.41, 5.74) is 13.6. The molecule has 2 rings (SSSR count). The number of hydrogen-bond donors (Lipinski definition) is 1. The zero-order chi connectivity index (χ0) is 14.7. The molecule has 20 heavy (non-hydrogen) atoms. The van der Waals surface area contributed by atoms with Crippen LogP contribution in [-0.4, -0.2) is 7.05 Å². The minimum Gasteiger partial charge on any atom is -0.370 e. The van der Waals surface area contributed by atoms with Gasteiger partial charge in [-0.15, -0.1) is 0 Å². The molecule has 0 heterocycles. The highest BCUT2D eigenvalue weighted by atomic mass is 15.1. The van der Waals surface area contributed by atoms with E-state index in [0.29, 0.717) is 6.54 Å². The van der Waals surface area contributed by atoms with Gasteiger partial charge in [0.1, 0.15) is 0 Å². The monoisotopic (exact) mass is 268 g/mol. The SMILES string of the molecule is Cc1ccc(N(C)Cc2cccc(CN)c2)c(C)c1C. The van der Waals surface area contributed by atoms with Gasteiger partial charge >= 0.3 is 0 Å². The van der Waals surface area contributed by atoms with Crippen LogP contribution in [0.4, 0.5) is 5.69 Å². The van der Waals surface area contributed by atoms with Gasteiger partial charge in [-0.3, -0.25) is 0 Å². The van der Waals surface area contributed by atoms with E-state index in [2.05, 4.69) is 69.1 Å². The maximum Gasteiger partial charge on any atom is 0.0426 e. The van der Waals surface area contributed by atoms with Crippen molar-refractivity contribution in [3.8, 4) is 0 Å². The molecule has 0 aliphatic rings. The van der Waals surface area contributed by atoms with Gasteiger partial charge in [-0.05, 0) is 54.7 Å². The maximum absolute atomic E-state index is 5.71. The van der Waals surface area contributed by atoms with Crippen molar-refractivity contribution in [1.29, 1.82) is 0 Å². The third-order valence-corrected chi connectivity index (χ3v) is 4.09. The van der Waals surface area contributed by atoms with Crippen molar-refractivity contribution in [3.05, 3.63) is 64.2 Å². The number of rotatable bonds is 4. The van der Waals surface area contributed by atoms with Gasteiger partial charge in [-0.25, -0.2) is 0 Å². The van der Waals surface area contributed by atoms with Crippen molar-refractivity contribution in [3.63, 3.8) is 0 Å². The summed E-state index contributed by atoms with van der Waals surface area (Å²) in [7, 11) is 2.15. The lowest BCUT2D eigenvalue weighted by molar-refractivity contribution is 0.909. The lowest BCUT2D eigenvalue weighted by Crippen LogP contribution is -2.18. The van der Waals surface area contributed by atoms with Gasteiger partial charge in [-0.1, -0.05) is 30.3 Å². The van der Waals surface area contributed by atoms with Crippen LogP contribution < -0.4 is 10.6 Å². The van der Waals surface area contributed by atoms with Crippen LogP contribution in [0, 0.1) is 20.8 Å². The third-order valence-electron chi connectivity index (χ3n) is 4.09. The Labute approximate surface area is 122 Å². The molecule has 2 aromatic rings. The van der Waals surface area contributed by atoms with E-state index in [1.165, 1.54) is 33.5 Å². The number of benzene rings is 2. The zero-order valence-corrected chi connectivity index (χ0v) is 12.9. The molecule has 0 saturated carbocycles. The summed E-state index contributed by atoms with van der Waals surface area (Å²) < 4.78 is 0. The smallest absolute Gasteiger partial charge is 0.0426 e. The topological polar surface area (TPSA) is 29.3 Å². The van der Waals surface area contributed by atoms with Crippen molar-refractivity contribution in [2.45, 2.75) is 33.9 Å². The lowest BCUT2D eigenvalue weighted by Gasteiger charge is -2.23. The fourth-order valence-corrected chi connectivity index (χ4v) is 2.57. The number of nitrogens with zero attached hydrogens (tertiary/aromatic N) is 1. The predicted octanol–water partition coefficient (Wildman–Crippen LogP) is 3.71. The first kappa shape index (κ1) is 14.6. The molecule has 2 N–H and O–H groups in total. The number of aryl methyl sites for hydroxylation is 1. The van der Waals surface area contributed by atoms with Gasteiger partial charge in [0.25, 0.3) is 0 Å². The van der Waals surface area contributed by atoms with E-state index in [4.69, 9.17) is 5.73 Å². The fraction of sp³-hybridized carbons (Fsp3) is 0.333. The van der Waals surface area contributed by atoms with Gasteiger partial charge in [0, 0.05) is 25.8 Å². The van der Waals surface area contributed by atoms with Gasteiger partial charge < -0.3 is 10.6 Å². The third kappa shape index (κ3) is 3.02. The minimum atomic E-state index is 0.597. The van der Waals surface area contributed by atoms with Crippen LogP contribution in [0.15, 0.2) is 36.4 Å². The Bertz CT molecular complexity index is 602. The van der Waals surface area contributed by atoms with E-state index in [1.807, 2.05) is 0 Å². The van der Waals surface area contributed by atoms with Gasteiger partial charge in [-0.2, -0.15) is 0 Å². The molecule has 0 aliphatic carbocycles. The lowest BCUT2D eigenvalue weighted by atomic mass is 10.0. The van der Waals surface area contributed by atoms with Crippen LogP contribution in [0.25, 0.3) is 0 Å². The molecule has 0 fully saturated rings. The van der Waals surface area contributed by atoms with Crippen LogP contribution >= 0.6 is 0 Å². The van der Waals surface area contributed by atoms with E-state index >= 15 is 0 Å². The number of nitrogens with two attached hydrogens (primary N) is 1. The van der Waals surface area contributed by atoms with E-state index in [9.17, 15) is 0 Å². The van der Waals surface area contributed by atoms with Crippen molar-refractivity contribution in [2.24, 2.45) is 5.73 Å². The van der Waals surface area contributed by atoms with Crippen molar-refractivity contribution >= 4 is 5.69 Å². The molecule has 106 valence electrons. The van der Waals surface area contributed by atoms with Crippen LogP contribution in [0.2, 0.25) is 0 Å². The molecule has 0 aliphatic heterocycles. The molecule has 0 radical (unpaired) electrons. The quantitative estimate of drug-likeness (QED) is 0.916. The van der Waals surface area contributed by atoms with Crippen LogP contribution in [0.3, 0.4) is 0 Å². The highest BCUT2D eigenvalue weighted by molar-refractivity contribution is 5.57. The second-order valence-corrected chi connectivity index (χ2v) is 5.53. The summed E-state index contributed by atoms with van der Waals surface area (Å²) in [4.78, 5) is 2.30. The Balaban J connectivity index is 2.23. The van der Waals surface area contributed by atoms with Gasteiger partial charge in [0.05, 0.1) is 0 Å². The molecular weight excluding hydrogens is 244 g/mol. The molecule has 0 aromatic heterocycles. The van der Waals surface area contributed by atoms with E-state index < -0.39 is 0 Å². The molecule has 0 atom stereocenters. The summed E-state index contributed by atoms with van der Waals surface area (Å²) in [6, 6.07) is 12.9. The standard InChI is InChI=1S/C18H24N2/c1-13-8-9-18(15(3)14(13)2)20(4)12-17-7-5-6-16(10-17)11-19/h5-10H,11-12,19H2,1-4H3. The second-order valence-electron chi connectivity index (χ2n) is 5.53. The summed E-state index contributed by atoms with van der Waals surface area (Å²) in [6.45, 7) is 8.05. The molecule has 0 spiro atoms. The largest absolute Gasteiger partial charge is 0.370 e. The highest BCUT2D eigenvalue weighted by Crippen LogP contribution is 2.25. The second kappa shape index (κ2) is 6.10. The van der Waals surface area contributed by atoms with Crippen molar-refractivity contribution in [2.75, 3.05) is 11.9 Å². The summed E-state index contributed by atoms with van der Waals surface area (Å²) >= 11 is 0.